The number of nitrogens with zero attached hydrogens (tertiary/aromatic N) is 1. The minimum Gasteiger partial charge on any atom is -0.325 e. The van der Waals surface area contributed by atoms with E-state index in [9.17, 15) is 13.2 Å². The average Bonchev–Trinajstić information content (AvgIpc) is 3.24. The Kier molecular flexibility index (Phi) is 6.87. The van der Waals surface area contributed by atoms with Crippen molar-refractivity contribution >= 4 is 33.0 Å². The third kappa shape index (κ3) is 5.00. The molecule has 2 atom stereocenters. The van der Waals surface area contributed by atoms with Crippen LogP contribution in [0.25, 0.3) is 0 Å². The van der Waals surface area contributed by atoms with Crippen molar-refractivity contribution < 1.29 is 13.2 Å². The third-order valence-electron chi connectivity index (χ3n) is 4.94. The largest absolute Gasteiger partial charge is 0.325 e. The van der Waals surface area contributed by atoms with Gasteiger partial charge in [-0.15, -0.1) is 11.3 Å². The predicted molar refractivity (Wildman–Crippen MR) is 113 cm³/mol. The van der Waals surface area contributed by atoms with Gasteiger partial charge in [0.2, 0.25) is 15.9 Å². The fourth-order valence-corrected chi connectivity index (χ4v) is 5.55. The minimum atomic E-state index is -3.46. The van der Waals surface area contributed by atoms with Crippen LogP contribution in [0.4, 0.5) is 5.69 Å². The van der Waals surface area contributed by atoms with Crippen LogP contribution in [0, 0.1) is 0 Å². The predicted octanol–water partition coefficient (Wildman–Crippen LogP) is 3.60. The second-order valence-electron chi connectivity index (χ2n) is 7.10. The zero-order chi connectivity index (χ0) is 20.1. The minimum absolute atomic E-state index is 0.0813. The number of thiophene rings is 1. The lowest BCUT2D eigenvalue weighted by Gasteiger charge is -2.26. The lowest BCUT2D eigenvalue weighted by Crippen LogP contribution is -2.39. The van der Waals surface area contributed by atoms with Gasteiger partial charge in [-0.25, -0.2) is 8.42 Å². The number of benzene rings is 1. The van der Waals surface area contributed by atoms with Gasteiger partial charge in [0, 0.05) is 29.7 Å². The molecule has 1 aromatic heterocycles. The van der Waals surface area contributed by atoms with Crippen LogP contribution in [-0.4, -0.2) is 37.8 Å². The van der Waals surface area contributed by atoms with Gasteiger partial charge in [0.05, 0.1) is 10.9 Å². The molecule has 1 saturated heterocycles. The number of nitrogens with one attached hydrogen (secondary N) is 2. The molecule has 0 aliphatic carbocycles. The molecule has 0 spiro atoms. The van der Waals surface area contributed by atoms with Crippen LogP contribution in [0.1, 0.15) is 44.0 Å². The fourth-order valence-electron chi connectivity index (χ4n) is 3.29. The highest BCUT2D eigenvalue weighted by molar-refractivity contribution is 7.89. The Bertz CT molecular complexity index is 874. The van der Waals surface area contributed by atoms with E-state index in [1.54, 1.807) is 39.9 Å². The van der Waals surface area contributed by atoms with E-state index in [1.165, 1.54) is 4.88 Å². The molecule has 0 saturated carbocycles. The van der Waals surface area contributed by atoms with Crippen LogP contribution < -0.4 is 10.6 Å². The molecule has 8 heteroatoms. The summed E-state index contributed by atoms with van der Waals surface area (Å²) in [5, 5.41) is 8.13. The molecule has 1 fully saturated rings. The van der Waals surface area contributed by atoms with Crippen LogP contribution in [0.2, 0.25) is 0 Å². The summed E-state index contributed by atoms with van der Waals surface area (Å²) < 4.78 is 26.9. The number of hydrogen-bond acceptors (Lipinski definition) is 5. The highest BCUT2D eigenvalue weighted by Gasteiger charge is 2.26. The smallest absolute Gasteiger partial charge is 0.243 e. The van der Waals surface area contributed by atoms with Crippen molar-refractivity contribution in [2.45, 2.75) is 50.1 Å². The van der Waals surface area contributed by atoms with Gasteiger partial charge in [0.1, 0.15) is 0 Å². The highest BCUT2D eigenvalue weighted by Crippen LogP contribution is 2.22. The number of anilines is 1. The molecule has 1 aliphatic heterocycles. The molecule has 6 nitrogen and oxygen atoms in total. The lowest BCUT2D eigenvalue weighted by atomic mass is 10.2. The average molecular weight is 422 g/mol. The van der Waals surface area contributed by atoms with E-state index < -0.39 is 10.0 Å². The number of hydrogen-bond donors (Lipinski definition) is 2. The molecule has 3 rings (SSSR count). The number of piperidine rings is 1. The Morgan fingerprint density at radius 3 is 2.36 bits per heavy atom. The molecule has 1 aromatic carbocycles. The van der Waals surface area contributed by atoms with E-state index in [0.29, 0.717) is 18.8 Å². The lowest BCUT2D eigenvalue weighted by molar-refractivity contribution is -0.117. The summed E-state index contributed by atoms with van der Waals surface area (Å²) in [6.07, 6.45) is 2.89. The number of carbonyl (C=O) groups is 1. The highest BCUT2D eigenvalue weighted by atomic mass is 32.2. The van der Waals surface area contributed by atoms with Crippen molar-refractivity contribution in [3.05, 3.63) is 46.7 Å². The van der Waals surface area contributed by atoms with Crippen LogP contribution >= 0.6 is 11.3 Å². The topological polar surface area (TPSA) is 78.5 Å². The van der Waals surface area contributed by atoms with Crippen LogP contribution in [0.3, 0.4) is 0 Å². The number of carbonyl (C=O) groups excluding carboxylic acids is 1. The Labute approximate surface area is 171 Å². The summed E-state index contributed by atoms with van der Waals surface area (Å²) in [5.41, 5.74) is 0.583. The number of amides is 1. The summed E-state index contributed by atoms with van der Waals surface area (Å²) >= 11 is 1.65. The van der Waals surface area contributed by atoms with Gasteiger partial charge in [0.25, 0.3) is 0 Å². The molecule has 2 N–H and O–H groups in total. The van der Waals surface area contributed by atoms with Gasteiger partial charge in [-0.05, 0) is 62.4 Å². The first-order chi connectivity index (χ1) is 13.4. The maximum Gasteiger partial charge on any atom is 0.243 e. The van der Waals surface area contributed by atoms with Crippen LogP contribution in [-0.2, 0) is 14.8 Å². The second-order valence-corrected chi connectivity index (χ2v) is 10.0. The molecular formula is C20H27N3O3S2. The van der Waals surface area contributed by atoms with Crippen molar-refractivity contribution in [3.63, 3.8) is 0 Å². The van der Waals surface area contributed by atoms with Gasteiger partial charge in [0.15, 0.2) is 0 Å². The van der Waals surface area contributed by atoms with Crippen molar-refractivity contribution in [3.8, 4) is 0 Å². The van der Waals surface area contributed by atoms with E-state index in [1.807, 2.05) is 31.4 Å². The standard InChI is InChI=1S/C20H27N3O3S2/c1-15(19-7-6-14-27-19)21-16(2)20(24)22-17-8-10-18(11-9-17)28(25,26)23-12-4-3-5-13-23/h6-11,14-16,21H,3-5,12-13H2,1-2H3,(H,22,24)/t15-,16-/m1/s1. The molecule has 2 aromatic rings. The fraction of sp³-hybridized carbons (Fsp3) is 0.450. The van der Waals surface area contributed by atoms with Crippen molar-refractivity contribution in [1.29, 1.82) is 0 Å². The molecule has 0 unspecified atom stereocenters. The first-order valence-electron chi connectivity index (χ1n) is 9.58. The maximum absolute atomic E-state index is 12.7. The van der Waals surface area contributed by atoms with E-state index in [-0.39, 0.29) is 22.9 Å². The molecule has 1 amide bonds. The monoisotopic (exact) mass is 421 g/mol. The van der Waals surface area contributed by atoms with Crippen molar-refractivity contribution in [1.82, 2.24) is 9.62 Å². The number of rotatable bonds is 7. The Balaban J connectivity index is 1.59. The van der Waals surface area contributed by atoms with E-state index >= 15 is 0 Å². The summed E-state index contributed by atoms with van der Waals surface area (Å²) in [6.45, 7) is 4.99. The van der Waals surface area contributed by atoms with Gasteiger partial charge in [-0.1, -0.05) is 12.5 Å². The van der Waals surface area contributed by atoms with E-state index in [0.717, 1.165) is 19.3 Å². The summed E-state index contributed by atoms with van der Waals surface area (Å²) in [6, 6.07) is 10.1. The maximum atomic E-state index is 12.7. The molecular weight excluding hydrogens is 394 g/mol. The van der Waals surface area contributed by atoms with Gasteiger partial charge in [-0.3, -0.25) is 10.1 Å². The molecule has 28 heavy (non-hydrogen) atoms. The second kappa shape index (κ2) is 9.17. The van der Waals surface area contributed by atoms with Crippen molar-refractivity contribution in [2.24, 2.45) is 0 Å². The molecule has 1 aliphatic rings. The molecule has 2 heterocycles. The quantitative estimate of drug-likeness (QED) is 0.716. The summed E-state index contributed by atoms with van der Waals surface area (Å²) in [5.74, 6) is -0.157. The van der Waals surface area contributed by atoms with Crippen LogP contribution in [0.15, 0.2) is 46.7 Å². The molecule has 152 valence electrons. The Morgan fingerprint density at radius 1 is 1.07 bits per heavy atom. The van der Waals surface area contributed by atoms with Crippen LogP contribution in [0.5, 0.6) is 0 Å². The SMILES string of the molecule is C[C@@H](N[C@H](C)c1cccs1)C(=O)Nc1ccc(S(=O)(=O)N2CCCCC2)cc1. The van der Waals surface area contributed by atoms with Gasteiger partial charge >= 0.3 is 0 Å². The van der Waals surface area contributed by atoms with E-state index in [2.05, 4.69) is 10.6 Å². The van der Waals surface area contributed by atoms with E-state index in [4.69, 9.17) is 0 Å². The molecule has 0 bridgehead atoms. The zero-order valence-electron chi connectivity index (χ0n) is 16.2. The number of sulfonamides is 1. The van der Waals surface area contributed by atoms with Gasteiger partial charge in [-0.2, -0.15) is 4.31 Å². The van der Waals surface area contributed by atoms with Crippen molar-refractivity contribution in [2.75, 3.05) is 18.4 Å². The molecule has 0 radical (unpaired) electrons. The zero-order valence-corrected chi connectivity index (χ0v) is 17.9. The Hall–Kier alpha value is -1.74. The normalized spacial score (nSPS) is 17.8. The summed E-state index contributed by atoms with van der Waals surface area (Å²) in [4.78, 5) is 13.9. The first kappa shape index (κ1) is 21.0. The summed E-state index contributed by atoms with van der Waals surface area (Å²) in [7, 11) is -3.46. The Morgan fingerprint density at radius 2 is 1.75 bits per heavy atom. The third-order valence-corrected chi connectivity index (χ3v) is 7.91. The van der Waals surface area contributed by atoms with Gasteiger partial charge < -0.3 is 5.32 Å². The first-order valence-corrected chi connectivity index (χ1v) is 11.9.